The Hall–Kier alpha value is -3.39. The van der Waals surface area contributed by atoms with Crippen LogP contribution in [0.4, 0.5) is 0 Å². The molecule has 2 heterocycles. The van der Waals surface area contributed by atoms with Gasteiger partial charge in [-0.15, -0.1) is 0 Å². The second-order valence-corrected chi connectivity index (χ2v) is 10.2. The van der Waals surface area contributed by atoms with Crippen molar-refractivity contribution in [1.82, 2.24) is 0 Å². The molecular weight excluding hydrogens is 402 g/mol. The number of rotatable bonds is 2. The number of ether oxygens (including phenoxy) is 1. The Morgan fingerprint density at radius 3 is 2.42 bits per heavy atom. The average molecular weight is 433 g/mol. The Labute approximate surface area is 195 Å². The van der Waals surface area contributed by atoms with Gasteiger partial charge in [-0.1, -0.05) is 55.8 Å². The van der Waals surface area contributed by atoms with Gasteiger partial charge >= 0.3 is 0 Å². The minimum Gasteiger partial charge on any atom is -0.455 e. The van der Waals surface area contributed by atoms with Crippen molar-refractivity contribution in [2.75, 3.05) is 0 Å². The maximum atomic E-state index is 6.74. The summed E-state index contributed by atoms with van der Waals surface area (Å²) < 4.78 is 9.01. The summed E-state index contributed by atoms with van der Waals surface area (Å²) in [5.41, 5.74) is 7.66. The molecule has 6 rings (SSSR count). The molecule has 0 amide bonds. The number of hydrogen-bond acceptors (Lipinski definition) is 1. The fourth-order valence-corrected chi connectivity index (χ4v) is 5.71. The van der Waals surface area contributed by atoms with Gasteiger partial charge in [0.25, 0.3) is 0 Å². The van der Waals surface area contributed by atoms with Crippen LogP contribution in [0.1, 0.15) is 36.1 Å². The number of aromatic nitrogens is 1. The van der Waals surface area contributed by atoms with Crippen LogP contribution < -0.4 is 9.30 Å². The van der Waals surface area contributed by atoms with Crippen LogP contribution in [0.5, 0.6) is 11.5 Å². The molecule has 4 aromatic carbocycles. The summed E-state index contributed by atoms with van der Waals surface area (Å²) in [5, 5.41) is 7.62. The Morgan fingerprint density at radius 1 is 0.818 bits per heavy atom. The molecule has 0 unspecified atom stereocenters. The van der Waals surface area contributed by atoms with Gasteiger partial charge in [0.2, 0.25) is 5.69 Å². The molecule has 2 nitrogen and oxygen atoms in total. The summed E-state index contributed by atoms with van der Waals surface area (Å²) in [4.78, 5) is 0. The predicted octanol–water partition coefficient (Wildman–Crippen LogP) is 7.87. The van der Waals surface area contributed by atoms with Gasteiger partial charge < -0.3 is 4.74 Å². The number of pyridine rings is 1. The van der Waals surface area contributed by atoms with Gasteiger partial charge in [0.15, 0.2) is 6.20 Å². The normalized spacial score (nSPS) is 12.6. The van der Waals surface area contributed by atoms with Gasteiger partial charge in [-0.05, 0) is 71.8 Å². The monoisotopic (exact) mass is 432 g/mol. The molecule has 1 aliphatic rings. The molecule has 0 atom stereocenters. The standard InChI is InChI=1S/C31H30NO/c1-17(2)13-21-8-9-22-16-27-29-24(26(22)15-21)11-12-32(6)30(29)28-19(4)25-14-18(3)7-10-23(25)20(5)31(28)33-27/h7-12,14-17H,13H2,1-6H3/q+1. The van der Waals surface area contributed by atoms with Crippen molar-refractivity contribution < 1.29 is 9.30 Å². The summed E-state index contributed by atoms with van der Waals surface area (Å²) in [5.74, 6) is 2.59. The maximum absolute atomic E-state index is 6.74. The summed E-state index contributed by atoms with van der Waals surface area (Å²) in [6.45, 7) is 11.2. The smallest absolute Gasteiger partial charge is 0.228 e. The summed E-state index contributed by atoms with van der Waals surface area (Å²) in [6.07, 6.45) is 3.30. The first-order valence-electron chi connectivity index (χ1n) is 11.9. The van der Waals surface area contributed by atoms with Crippen LogP contribution in [0.15, 0.2) is 54.7 Å². The van der Waals surface area contributed by atoms with Crippen molar-refractivity contribution >= 4 is 32.3 Å². The zero-order valence-corrected chi connectivity index (χ0v) is 20.3. The lowest BCUT2D eigenvalue weighted by atomic mass is 9.87. The van der Waals surface area contributed by atoms with Gasteiger partial charge in [-0.3, -0.25) is 0 Å². The zero-order chi connectivity index (χ0) is 23.0. The van der Waals surface area contributed by atoms with E-state index in [0.29, 0.717) is 5.92 Å². The Kier molecular flexibility index (Phi) is 4.32. The van der Waals surface area contributed by atoms with Crippen molar-refractivity contribution in [3.05, 3.63) is 77.0 Å². The van der Waals surface area contributed by atoms with E-state index in [1.807, 2.05) is 0 Å². The van der Waals surface area contributed by atoms with Crippen LogP contribution in [0, 0.1) is 26.7 Å². The van der Waals surface area contributed by atoms with Crippen LogP contribution in [0.3, 0.4) is 0 Å². The molecule has 0 saturated carbocycles. The van der Waals surface area contributed by atoms with Gasteiger partial charge in [-0.2, -0.15) is 0 Å². The molecule has 0 N–H and O–H groups in total. The highest BCUT2D eigenvalue weighted by Gasteiger charge is 2.32. The van der Waals surface area contributed by atoms with Crippen LogP contribution in [-0.2, 0) is 13.5 Å². The van der Waals surface area contributed by atoms with Crippen molar-refractivity contribution in [3.63, 3.8) is 0 Å². The lowest BCUT2D eigenvalue weighted by molar-refractivity contribution is -0.659. The van der Waals surface area contributed by atoms with Gasteiger partial charge in [-0.25, -0.2) is 4.57 Å². The number of nitrogens with zero attached hydrogens (tertiary/aromatic N) is 1. The van der Waals surface area contributed by atoms with Crippen molar-refractivity contribution in [2.24, 2.45) is 13.0 Å². The van der Waals surface area contributed by atoms with E-state index in [1.165, 1.54) is 65.8 Å². The largest absolute Gasteiger partial charge is 0.455 e. The molecule has 33 heavy (non-hydrogen) atoms. The second kappa shape index (κ2) is 7.05. The Morgan fingerprint density at radius 2 is 1.64 bits per heavy atom. The minimum absolute atomic E-state index is 0.637. The quantitative estimate of drug-likeness (QED) is 0.200. The number of fused-ring (bicyclic) bond motifs is 5. The topological polar surface area (TPSA) is 13.1 Å². The molecular formula is C31H30NO+. The van der Waals surface area contributed by atoms with Crippen LogP contribution in [0.25, 0.3) is 43.6 Å². The molecule has 1 aliphatic heterocycles. The van der Waals surface area contributed by atoms with Crippen LogP contribution in [0.2, 0.25) is 0 Å². The lowest BCUT2D eigenvalue weighted by Gasteiger charge is -2.25. The first kappa shape index (κ1) is 20.2. The molecule has 5 aromatic rings. The predicted molar refractivity (Wildman–Crippen MR) is 138 cm³/mol. The van der Waals surface area contributed by atoms with E-state index in [0.717, 1.165) is 17.9 Å². The summed E-state index contributed by atoms with van der Waals surface area (Å²) in [6, 6.07) is 18.2. The zero-order valence-electron chi connectivity index (χ0n) is 20.3. The summed E-state index contributed by atoms with van der Waals surface area (Å²) in [7, 11) is 2.16. The Bertz CT molecular complexity index is 1620. The molecule has 0 fully saturated rings. The average Bonchev–Trinajstić information content (AvgIpc) is 2.78. The number of aryl methyl sites for hydroxylation is 4. The van der Waals surface area contributed by atoms with E-state index in [9.17, 15) is 0 Å². The molecule has 2 heteroatoms. The van der Waals surface area contributed by atoms with Crippen LogP contribution in [-0.4, -0.2) is 0 Å². The van der Waals surface area contributed by atoms with E-state index in [2.05, 4.69) is 101 Å². The molecule has 0 radical (unpaired) electrons. The highest BCUT2D eigenvalue weighted by molar-refractivity contribution is 6.16. The third-order valence-corrected chi connectivity index (χ3v) is 7.28. The van der Waals surface area contributed by atoms with E-state index in [1.54, 1.807) is 0 Å². The number of benzene rings is 4. The number of hydrogen-bond donors (Lipinski definition) is 0. The van der Waals surface area contributed by atoms with E-state index >= 15 is 0 Å². The van der Waals surface area contributed by atoms with Gasteiger partial charge in [0.05, 0.1) is 10.9 Å². The molecule has 0 aliphatic carbocycles. The van der Waals surface area contributed by atoms with Crippen molar-refractivity contribution in [2.45, 2.75) is 41.0 Å². The lowest BCUT2D eigenvalue weighted by Crippen LogP contribution is -2.32. The third kappa shape index (κ3) is 2.90. The van der Waals surface area contributed by atoms with Gasteiger partial charge in [0.1, 0.15) is 18.5 Å². The van der Waals surface area contributed by atoms with E-state index in [-0.39, 0.29) is 0 Å². The maximum Gasteiger partial charge on any atom is 0.228 e. The van der Waals surface area contributed by atoms with E-state index < -0.39 is 0 Å². The van der Waals surface area contributed by atoms with Gasteiger partial charge in [0, 0.05) is 17.0 Å². The molecule has 1 aromatic heterocycles. The van der Waals surface area contributed by atoms with E-state index in [4.69, 9.17) is 4.74 Å². The van der Waals surface area contributed by atoms with Crippen molar-refractivity contribution in [3.8, 4) is 22.8 Å². The van der Waals surface area contributed by atoms with Crippen molar-refractivity contribution in [1.29, 1.82) is 0 Å². The molecule has 0 spiro atoms. The SMILES string of the molecule is Cc1ccc2c(C)c3c(c(C)c2c1)-c1c2c(cc4ccc(CC(C)C)cc4c2cc[n+]1C)O3. The second-order valence-electron chi connectivity index (χ2n) is 10.2. The highest BCUT2D eigenvalue weighted by atomic mass is 16.5. The molecule has 0 bridgehead atoms. The summed E-state index contributed by atoms with van der Waals surface area (Å²) >= 11 is 0. The minimum atomic E-state index is 0.637. The molecule has 0 saturated heterocycles. The fraction of sp³-hybridized carbons (Fsp3) is 0.258. The molecule has 164 valence electrons. The van der Waals surface area contributed by atoms with Crippen LogP contribution >= 0.6 is 0 Å². The first-order chi connectivity index (χ1) is 15.8. The first-order valence-corrected chi connectivity index (χ1v) is 11.9. The fourth-order valence-electron chi connectivity index (χ4n) is 5.71. The Balaban J connectivity index is 1.75. The highest BCUT2D eigenvalue weighted by Crippen LogP contribution is 2.51. The third-order valence-electron chi connectivity index (χ3n) is 7.28.